The highest BCUT2D eigenvalue weighted by atomic mass is 16.4. The van der Waals surface area contributed by atoms with Crippen LogP contribution in [-0.4, -0.2) is 46.1 Å². The highest BCUT2D eigenvalue weighted by Crippen LogP contribution is 2.29. The molecule has 0 unspecified atom stereocenters. The first-order chi connectivity index (χ1) is 15.6. The summed E-state index contributed by atoms with van der Waals surface area (Å²) < 4.78 is 1.50. The third-order valence-electron chi connectivity index (χ3n) is 5.08. The number of carboxylic acids is 1. The van der Waals surface area contributed by atoms with Crippen LogP contribution in [0.15, 0.2) is 60.8 Å². The van der Waals surface area contributed by atoms with E-state index < -0.39 is 5.97 Å². The maximum absolute atomic E-state index is 11.5. The van der Waals surface area contributed by atoms with Gasteiger partial charge in [-0.3, -0.25) is 4.40 Å². The first-order valence-electron chi connectivity index (χ1n) is 9.84. The Hall–Kier alpha value is -4.60. The van der Waals surface area contributed by atoms with Crippen molar-refractivity contribution in [1.29, 1.82) is 0 Å². The van der Waals surface area contributed by atoms with Crippen molar-refractivity contribution in [1.82, 2.24) is 35.0 Å². The van der Waals surface area contributed by atoms with Gasteiger partial charge >= 0.3 is 5.97 Å². The summed E-state index contributed by atoms with van der Waals surface area (Å²) in [5.74, 6) is 0.445. The number of tetrazole rings is 1. The number of carbonyl (C=O) groups is 1. The molecule has 5 aromatic rings. The Morgan fingerprint density at radius 1 is 1.12 bits per heavy atom. The molecule has 3 heterocycles. The Labute approximate surface area is 182 Å². The fraction of sp³-hybridized carbons (Fsp3) is 0.0909. The van der Waals surface area contributed by atoms with E-state index in [1.165, 1.54) is 10.6 Å². The summed E-state index contributed by atoms with van der Waals surface area (Å²) in [7, 11) is 0. The molecule has 158 valence electrons. The lowest BCUT2D eigenvalue weighted by molar-refractivity contribution is 0.0689. The van der Waals surface area contributed by atoms with Crippen molar-refractivity contribution < 1.29 is 9.90 Å². The van der Waals surface area contributed by atoms with Crippen LogP contribution in [0, 0.1) is 6.92 Å². The minimum absolute atomic E-state index is 0.0587. The van der Waals surface area contributed by atoms with Crippen molar-refractivity contribution >= 4 is 17.6 Å². The predicted octanol–water partition coefficient (Wildman–Crippen LogP) is 3.20. The molecule has 0 bridgehead atoms. The maximum Gasteiger partial charge on any atom is 0.354 e. The van der Waals surface area contributed by atoms with E-state index in [9.17, 15) is 9.90 Å². The molecule has 0 saturated carbocycles. The van der Waals surface area contributed by atoms with Gasteiger partial charge in [0.15, 0.2) is 5.69 Å². The van der Waals surface area contributed by atoms with Crippen molar-refractivity contribution in [2.45, 2.75) is 13.5 Å². The fourth-order valence-corrected chi connectivity index (χ4v) is 3.59. The first kappa shape index (κ1) is 19.4. The molecule has 2 aromatic carbocycles. The number of H-pyrrole nitrogens is 1. The topological polar surface area (TPSA) is 134 Å². The average Bonchev–Trinajstić information content (AvgIpc) is 3.48. The van der Waals surface area contributed by atoms with E-state index in [1.54, 1.807) is 6.07 Å². The molecular formula is C22H18N8O2. The van der Waals surface area contributed by atoms with Crippen LogP contribution in [0.3, 0.4) is 0 Å². The number of hydrogen-bond donors (Lipinski definition) is 3. The van der Waals surface area contributed by atoms with Crippen LogP contribution in [0.4, 0.5) is 5.82 Å². The number of nitrogens with zero attached hydrogens (tertiary/aromatic N) is 6. The van der Waals surface area contributed by atoms with Crippen molar-refractivity contribution in [2.75, 3.05) is 5.32 Å². The van der Waals surface area contributed by atoms with Gasteiger partial charge in [0.1, 0.15) is 5.82 Å². The number of anilines is 1. The molecule has 0 spiro atoms. The maximum atomic E-state index is 11.5. The molecule has 0 saturated heterocycles. The summed E-state index contributed by atoms with van der Waals surface area (Å²) >= 11 is 0. The van der Waals surface area contributed by atoms with Gasteiger partial charge in [0.2, 0.25) is 11.6 Å². The molecule has 10 nitrogen and oxygen atoms in total. The van der Waals surface area contributed by atoms with Crippen LogP contribution < -0.4 is 5.32 Å². The summed E-state index contributed by atoms with van der Waals surface area (Å²) in [5.41, 5.74) is 4.76. The van der Waals surface area contributed by atoms with Crippen LogP contribution in [0.25, 0.3) is 28.3 Å². The molecule has 0 atom stereocenters. The predicted molar refractivity (Wildman–Crippen MR) is 117 cm³/mol. The van der Waals surface area contributed by atoms with Gasteiger partial charge < -0.3 is 10.4 Å². The van der Waals surface area contributed by atoms with E-state index in [-0.39, 0.29) is 5.69 Å². The summed E-state index contributed by atoms with van der Waals surface area (Å²) in [6.07, 6.45) is 1.31. The molecule has 3 N–H and O–H groups in total. The number of aromatic carboxylic acids is 1. The van der Waals surface area contributed by atoms with Gasteiger partial charge in [-0.05, 0) is 28.8 Å². The van der Waals surface area contributed by atoms with Crippen LogP contribution >= 0.6 is 0 Å². The van der Waals surface area contributed by atoms with Gasteiger partial charge in [0.25, 0.3) is 0 Å². The molecule has 0 aliphatic rings. The fourth-order valence-electron chi connectivity index (χ4n) is 3.59. The lowest BCUT2D eigenvalue weighted by atomic mass is 9.98. The standard InChI is InChI=1S/C22H18N8O2/c1-13-10-19(30-18(21(31)32)12-24-22(30)25-13)23-11-14-6-8-15(9-7-14)16-4-2-3-5-17(16)20-26-28-29-27-20/h2-10,12,23H,11H2,1H3,(H,31,32)(H,26,27,28,29). The van der Waals surface area contributed by atoms with E-state index in [0.717, 1.165) is 27.9 Å². The zero-order valence-corrected chi connectivity index (χ0v) is 17.0. The highest BCUT2D eigenvalue weighted by Gasteiger charge is 2.15. The zero-order chi connectivity index (χ0) is 22.1. The molecular weight excluding hydrogens is 408 g/mol. The third kappa shape index (κ3) is 3.54. The molecule has 0 amide bonds. The largest absolute Gasteiger partial charge is 0.477 e. The van der Waals surface area contributed by atoms with Gasteiger partial charge in [-0.2, -0.15) is 5.21 Å². The van der Waals surface area contributed by atoms with E-state index in [0.29, 0.717) is 24.0 Å². The van der Waals surface area contributed by atoms with E-state index in [1.807, 2.05) is 55.5 Å². The van der Waals surface area contributed by atoms with Crippen molar-refractivity contribution in [2.24, 2.45) is 0 Å². The summed E-state index contributed by atoms with van der Waals surface area (Å²) in [6.45, 7) is 2.35. The van der Waals surface area contributed by atoms with Crippen LogP contribution in [0.1, 0.15) is 21.7 Å². The van der Waals surface area contributed by atoms with Gasteiger partial charge in [-0.25, -0.2) is 14.8 Å². The van der Waals surface area contributed by atoms with Gasteiger partial charge in [-0.15, -0.1) is 10.2 Å². The van der Waals surface area contributed by atoms with E-state index in [2.05, 4.69) is 35.9 Å². The Morgan fingerprint density at radius 2 is 1.91 bits per heavy atom. The second kappa shape index (κ2) is 7.91. The quantitative estimate of drug-likeness (QED) is 0.377. The molecule has 32 heavy (non-hydrogen) atoms. The molecule has 0 radical (unpaired) electrons. The SMILES string of the molecule is Cc1cc(NCc2ccc(-c3ccccc3-c3nn[nH]n3)cc2)n2c(C(=O)O)cnc2n1. The Balaban J connectivity index is 1.41. The van der Waals surface area contributed by atoms with Gasteiger partial charge in [0.05, 0.1) is 6.20 Å². The number of rotatable bonds is 6. The number of imidazole rings is 1. The van der Waals surface area contributed by atoms with E-state index in [4.69, 9.17) is 0 Å². The lowest BCUT2D eigenvalue weighted by Gasteiger charge is -2.12. The Kier molecular flexibility index (Phi) is 4.79. The normalized spacial score (nSPS) is 11.0. The lowest BCUT2D eigenvalue weighted by Crippen LogP contribution is -2.10. The van der Waals surface area contributed by atoms with Crippen LogP contribution in [-0.2, 0) is 6.54 Å². The molecule has 5 rings (SSSR count). The van der Waals surface area contributed by atoms with Crippen molar-refractivity contribution in [3.63, 3.8) is 0 Å². The number of carboxylic acid groups (broad SMARTS) is 1. The van der Waals surface area contributed by atoms with Crippen molar-refractivity contribution in [3.05, 3.63) is 77.7 Å². The molecule has 0 aliphatic heterocycles. The number of hydrogen-bond acceptors (Lipinski definition) is 7. The average molecular weight is 426 g/mol. The highest BCUT2D eigenvalue weighted by molar-refractivity contribution is 5.87. The second-order valence-electron chi connectivity index (χ2n) is 7.20. The first-order valence-corrected chi connectivity index (χ1v) is 9.84. The number of benzene rings is 2. The zero-order valence-electron chi connectivity index (χ0n) is 17.0. The van der Waals surface area contributed by atoms with Gasteiger partial charge in [-0.1, -0.05) is 48.5 Å². The number of fused-ring (bicyclic) bond motifs is 1. The summed E-state index contributed by atoms with van der Waals surface area (Å²) in [6, 6.07) is 17.8. The minimum Gasteiger partial charge on any atom is -0.477 e. The molecule has 10 heteroatoms. The number of aromatic amines is 1. The smallest absolute Gasteiger partial charge is 0.354 e. The van der Waals surface area contributed by atoms with Crippen LogP contribution in [0.5, 0.6) is 0 Å². The summed E-state index contributed by atoms with van der Waals surface area (Å²) in [5, 5.41) is 27.1. The van der Waals surface area contributed by atoms with Crippen LogP contribution in [0.2, 0.25) is 0 Å². The monoisotopic (exact) mass is 426 g/mol. The Morgan fingerprint density at radius 3 is 2.62 bits per heavy atom. The summed E-state index contributed by atoms with van der Waals surface area (Å²) in [4.78, 5) is 19.9. The molecule has 0 fully saturated rings. The van der Waals surface area contributed by atoms with E-state index >= 15 is 0 Å². The molecule has 0 aliphatic carbocycles. The molecule has 3 aromatic heterocycles. The van der Waals surface area contributed by atoms with Gasteiger partial charge in [0, 0.05) is 23.9 Å². The minimum atomic E-state index is -1.06. The Bertz CT molecular complexity index is 1410. The number of nitrogens with one attached hydrogen (secondary N) is 2. The van der Waals surface area contributed by atoms with Crippen molar-refractivity contribution in [3.8, 4) is 22.5 Å². The second-order valence-corrected chi connectivity index (χ2v) is 7.20. The number of aryl methyl sites for hydroxylation is 1. The number of aromatic nitrogens is 7. The third-order valence-corrected chi connectivity index (χ3v) is 5.08.